The largest absolute Gasteiger partial charge is 0.488 e. The molecular weight excluding hydrogens is 426 g/mol. The van der Waals surface area contributed by atoms with Crippen molar-refractivity contribution in [3.05, 3.63) is 94.0 Å². The number of fused-ring (bicyclic) bond motifs is 2. The number of likely N-dealkylation sites (tertiary alicyclic amines) is 1. The lowest BCUT2D eigenvalue weighted by Crippen LogP contribution is -2.37. The third-order valence-corrected chi connectivity index (χ3v) is 6.27. The second kappa shape index (κ2) is 8.63. The molecule has 5 rings (SSSR count). The Morgan fingerprint density at radius 1 is 1.16 bits per heavy atom. The van der Waals surface area contributed by atoms with Crippen molar-refractivity contribution in [3.8, 4) is 5.75 Å². The van der Waals surface area contributed by atoms with E-state index in [4.69, 9.17) is 21.3 Å². The monoisotopic (exact) mass is 448 g/mol. The van der Waals surface area contributed by atoms with E-state index in [1.54, 1.807) is 12.1 Å². The summed E-state index contributed by atoms with van der Waals surface area (Å²) in [5, 5.41) is 10.0. The molecule has 4 heterocycles. The van der Waals surface area contributed by atoms with Gasteiger partial charge in [-0.3, -0.25) is 15.0 Å². The first-order valence-corrected chi connectivity index (χ1v) is 11.0. The zero-order valence-corrected chi connectivity index (χ0v) is 18.3. The molecule has 2 aliphatic heterocycles. The number of hydrogen-bond acceptors (Lipinski definition) is 4. The molecule has 1 amide bonds. The molecule has 7 heteroatoms. The van der Waals surface area contributed by atoms with Crippen molar-refractivity contribution in [2.24, 2.45) is 0 Å². The van der Waals surface area contributed by atoms with Gasteiger partial charge in [-0.1, -0.05) is 23.2 Å². The highest BCUT2D eigenvalue weighted by molar-refractivity contribution is 6.30. The van der Waals surface area contributed by atoms with Gasteiger partial charge in [-0.25, -0.2) is 0 Å². The third-order valence-electron chi connectivity index (χ3n) is 6.04. The molecule has 0 aliphatic carbocycles. The van der Waals surface area contributed by atoms with E-state index in [0.29, 0.717) is 31.1 Å². The van der Waals surface area contributed by atoms with E-state index in [0.717, 1.165) is 51.3 Å². The Morgan fingerprint density at radius 3 is 2.72 bits per heavy atom. The van der Waals surface area contributed by atoms with Gasteiger partial charge in [0.15, 0.2) is 0 Å². The maximum Gasteiger partial charge on any atom is 0.227 e. The van der Waals surface area contributed by atoms with E-state index in [2.05, 4.69) is 0 Å². The van der Waals surface area contributed by atoms with Gasteiger partial charge in [-0.05, 0) is 42.7 Å². The second-order valence-corrected chi connectivity index (χ2v) is 8.50. The molecule has 0 bridgehead atoms. The maximum atomic E-state index is 12.8. The summed E-state index contributed by atoms with van der Waals surface area (Å²) in [6.45, 7) is 1.77. The SMILES string of the molecule is O=C(Cc1cc[n+](O)cc1)N1CCC(=C2c3ccc(Cl)cc3OCc3cccnc32)CC1. The van der Waals surface area contributed by atoms with Crippen LogP contribution in [0.5, 0.6) is 5.75 Å². The number of hydrogen-bond donors (Lipinski definition) is 1. The normalized spacial score (nSPS) is 15.5. The van der Waals surface area contributed by atoms with Crippen LogP contribution in [0.25, 0.3) is 5.57 Å². The highest BCUT2D eigenvalue weighted by Crippen LogP contribution is 2.41. The molecule has 32 heavy (non-hydrogen) atoms. The average Bonchev–Trinajstić information content (AvgIpc) is 2.97. The number of ether oxygens (including phenoxy) is 1. The summed E-state index contributed by atoms with van der Waals surface area (Å²) in [4.78, 5) is 19.4. The van der Waals surface area contributed by atoms with Crippen LogP contribution in [-0.2, 0) is 17.8 Å². The molecule has 0 atom stereocenters. The molecule has 162 valence electrons. The van der Waals surface area contributed by atoms with Gasteiger partial charge >= 0.3 is 0 Å². The van der Waals surface area contributed by atoms with Crippen LogP contribution in [-0.4, -0.2) is 34.1 Å². The lowest BCUT2D eigenvalue weighted by atomic mass is 9.89. The van der Waals surface area contributed by atoms with Crippen LogP contribution >= 0.6 is 11.6 Å². The first-order valence-electron chi connectivity index (χ1n) is 10.6. The van der Waals surface area contributed by atoms with Crippen LogP contribution < -0.4 is 9.47 Å². The quantitative estimate of drug-likeness (QED) is 0.478. The van der Waals surface area contributed by atoms with E-state index >= 15 is 0 Å². The predicted octanol–water partition coefficient (Wildman–Crippen LogP) is 3.82. The molecular formula is C25H23ClN3O3+. The summed E-state index contributed by atoms with van der Waals surface area (Å²) < 4.78 is 7.04. The van der Waals surface area contributed by atoms with Crippen molar-refractivity contribution in [1.82, 2.24) is 9.88 Å². The van der Waals surface area contributed by atoms with Gasteiger partial charge in [0.1, 0.15) is 12.4 Å². The van der Waals surface area contributed by atoms with E-state index in [1.807, 2.05) is 41.4 Å². The molecule has 0 spiro atoms. The van der Waals surface area contributed by atoms with Gasteiger partial charge in [0.2, 0.25) is 18.3 Å². The Morgan fingerprint density at radius 2 is 1.94 bits per heavy atom. The minimum atomic E-state index is 0.0969. The molecule has 6 nitrogen and oxygen atoms in total. The van der Waals surface area contributed by atoms with Gasteiger partial charge in [-0.2, -0.15) is 0 Å². The summed E-state index contributed by atoms with van der Waals surface area (Å²) in [7, 11) is 0. The fourth-order valence-electron chi connectivity index (χ4n) is 4.37. The van der Waals surface area contributed by atoms with E-state index in [-0.39, 0.29) is 5.91 Å². The number of halogens is 1. The zero-order valence-electron chi connectivity index (χ0n) is 17.5. The van der Waals surface area contributed by atoms with Gasteiger partial charge in [0.25, 0.3) is 0 Å². The molecule has 0 unspecified atom stereocenters. The van der Waals surface area contributed by atoms with Crippen LogP contribution in [0.4, 0.5) is 0 Å². The van der Waals surface area contributed by atoms with Crippen molar-refractivity contribution in [1.29, 1.82) is 0 Å². The molecule has 1 N–H and O–H groups in total. The topological polar surface area (TPSA) is 66.5 Å². The van der Waals surface area contributed by atoms with Gasteiger partial charge in [0.05, 0.1) is 12.1 Å². The Labute approximate surface area is 191 Å². The Kier molecular flexibility index (Phi) is 5.53. The van der Waals surface area contributed by atoms with E-state index in [9.17, 15) is 10.0 Å². The van der Waals surface area contributed by atoms with E-state index in [1.165, 1.54) is 18.0 Å². The van der Waals surface area contributed by atoms with Crippen LogP contribution in [0.3, 0.4) is 0 Å². The van der Waals surface area contributed by atoms with Crippen LogP contribution in [0, 0.1) is 0 Å². The average molecular weight is 449 g/mol. The molecule has 1 fully saturated rings. The number of carbonyl (C=O) groups is 1. The predicted molar refractivity (Wildman–Crippen MR) is 119 cm³/mol. The van der Waals surface area contributed by atoms with Crippen molar-refractivity contribution in [2.45, 2.75) is 25.9 Å². The van der Waals surface area contributed by atoms with E-state index < -0.39 is 0 Å². The highest BCUT2D eigenvalue weighted by Gasteiger charge is 2.27. The summed E-state index contributed by atoms with van der Waals surface area (Å²) >= 11 is 6.23. The zero-order chi connectivity index (χ0) is 22.1. The lowest BCUT2D eigenvalue weighted by molar-refractivity contribution is -0.904. The van der Waals surface area contributed by atoms with Crippen LogP contribution in [0.15, 0.2) is 66.6 Å². The number of rotatable bonds is 2. The first kappa shape index (κ1) is 20.5. The Hall–Kier alpha value is -3.38. The molecule has 3 aromatic rings. The minimum absolute atomic E-state index is 0.0969. The standard InChI is InChI=1S/C25H23ClN3O3/c26-20-3-4-21-22(15-20)32-16-19-2-1-9-27-25(19)24(21)18-7-10-28(11-8-18)23(30)14-17-5-12-29(31)13-6-17/h1-6,9,12-13,15,31H,7-8,10-11,14,16H2/q+1. The van der Waals surface area contributed by atoms with Crippen molar-refractivity contribution >= 4 is 23.1 Å². The molecule has 0 saturated carbocycles. The summed E-state index contributed by atoms with van der Waals surface area (Å²) in [5.41, 5.74) is 6.27. The number of carbonyl (C=O) groups excluding carboxylic acids is 1. The number of aromatic nitrogens is 2. The maximum absolute atomic E-state index is 12.8. The van der Waals surface area contributed by atoms with Crippen LogP contribution in [0.2, 0.25) is 5.02 Å². The summed E-state index contributed by atoms with van der Waals surface area (Å²) in [6.07, 6.45) is 6.77. The lowest BCUT2D eigenvalue weighted by Gasteiger charge is -2.30. The van der Waals surface area contributed by atoms with Crippen molar-refractivity contribution in [2.75, 3.05) is 13.1 Å². The Bertz CT molecular complexity index is 1200. The number of nitrogens with zero attached hydrogens (tertiary/aromatic N) is 3. The number of piperidine rings is 1. The highest BCUT2D eigenvalue weighted by atomic mass is 35.5. The molecule has 0 radical (unpaired) electrons. The number of benzene rings is 1. The van der Waals surface area contributed by atoms with Gasteiger partial charge in [0, 0.05) is 57.9 Å². The van der Waals surface area contributed by atoms with Crippen molar-refractivity contribution in [3.63, 3.8) is 0 Å². The molecule has 2 aliphatic rings. The van der Waals surface area contributed by atoms with Crippen LogP contribution in [0.1, 0.15) is 35.2 Å². The molecule has 1 saturated heterocycles. The Balaban J connectivity index is 1.42. The molecule has 1 aromatic carbocycles. The first-order chi connectivity index (χ1) is 15.6. The molecule has 2 aromatic heterocycles. The minimum Gasteiger partial charge on any atom is -0.488 e. The van der Waals surface area contributed by atoms with Gasteiger partial charge in [-0.15, -0.1) is 0 Å². The smallest absolute Gasteiger partial charge is 0.227 e. The number of amides is 1. The number of pyridine rings is 2. The fraction of sp³-hybridized carbons (Fsp3) is 0.240. The van der Waals surface area contributed by atoms with Gasteiger partial charge < -0.3 is 9.64 Å². The summed E-state index contributed by atoms with van der Waals surface area (Å²) in [5.74, 6) is 0.862. The fourth-order valence-corrected chi connectivity index (χ4v) is 4.54. The third kappa shape index (κ3) is 4.06. The van der Waals surface area contributed by atoms with Crippen molar-refractivity contribution < 1.29 is 19.5 Å². The summed E-state index contributed by atoms with van der Waals surface area (Å²) in [6, 6.07) is 13.2. The second-order valence-electron chi connectivity index (χ2n) is 8.06.